The minimum atomic E-state index is -2.43. The predicted molar refractivity (Wildman–Crippen MR) is 72.0 cm³/mol. The highest BCUT2D eigenvalue weighted by atomic mass is 28.4. The van der Waals surface area contributed by atoms with Crippen molar-refractivity contribution in [2.45, 2.75) is 25.3 Å². The molecule has 0 aromatic heterocycles. The van der Waals surface area contributed by atoms with E-state index in [0.29, 0.717) is 13.2 Å². The molecule has 0 aliphatic heterocycles. The van der Waals surface area contributed by atoms with E-state index in [1.165, 1.54) is 0 Å². The fourth-order valence-electron chi connectivity index (χ4n) is 1.56. The van der Waals surface area contributed by atoms with Gasteiger partial charge in [-0.2, -0.15) is 0 Å². The van der Waals surface area contributed by atoms with Crippen molar-refractivity contribution in [1.82, 2.24) is 4.90 Å². The third-order valence-corrected chi connectivity index (χ3v) is 5.48. The van der Waals surface area contributed by atoms with Crippen molar-refractivity contribution in [3.05, 3.63) is 0 Å². The minimum Gasteiger partial charge on any atom is -0.377 e. The maximum atomic E-state index is 5.83. The zero-order chi connectivity index (χ0) is 13.1. The molecule has 0 aromatic carbocycles. The van der Waals surface area contributed by atoms with Crippen molar-refractivity contribution in [3.63, 3.8) is 0 Å². The first-order chi connectivity index (χ1) is 8.10. The van der Waals surface area contributed by atoms with Crippen LogP contribution < -0.4 is 5.73 Å². The molecule has 0 radical (unpaired) electrons. The molecule has 0 atom stereocenters. The molecule has 0 amide bonds. The van der Waals surface area contributed by atoms with Crippen LogP contribution in [-0.4, -0.2) is 61.7 Å². The minimum absolute atomic E-state index is 0.674. The molecule has 0 heterocycles. The summed E-state index contributed by atoms with van der Waals surface area (Å²) in [4.78, 5) is 2.15. The van der Waals surface area contributed by atoms with Crippen molar-refractivity contribution in [1.29, 1.82) is 0 Å². The van der Waals surface area contributed by atoms with Crippen LogP contribution in [0.2, 0.25) is 6.04 Å². The van der Waals surface area contributed by atoms with Crippen molar-refractivity contribution < 1.29 is 13.3 Å². The summed E-state index contributed by atoms with van der Waals surface area (Å²) in [6, 6.07) is 0.862. The van der Waals surface area contributed by atoms with E-state index in [1.807, 2.05) is 0 Å². The Balaban J connectivity index is 3.97. The first kappa shape index (κ1) is 17.0. The van der Waals surface area contributed by atoms with Gasteiger partial charge in [0.15, 0.2) is 0 Å². The van der Waals surface area contributed by atoms with Crippen LogP contribution in [0.1, 0.15) is 19.3 Å². The number of hydrogen-bond acceptors (Lipinski definition) is 5. The third-order valence-electron chi connectivity index (χ3n) is 2.63. The fraction of sp³-hybridized carbons (Fsp3) is 1.00. The topological polar surface area (TPSA) is 57.0 Å². The van der Waals surface area contributed by atoms with E-state index < -0.39 is 8.80 Å². The lowest BCUT2D eigenvalue weighted by Crippen LogP contribution is -2.44. The second-order valence-electron chi connectivity index (χ2n) is 4.34. The van der Waals surface area contributed by atoms with Gasteiger partial charge in [0.2, 0.25) is 0 Å². The molecule has 0 spiro atoms. The van der Waals surface area contributed by atoms with Crippen molar-refractivity contribution in [2.75, 3.05) is 48.0 Å². The Bertz CT molecular complexity index is 178. The van der Waals surface area contributed by atoms with Gasteiger partial charge < -0.3 is 23.9 Å². The maximum Gasteiger partial charge on any atom is 0.500 e. The predicted octanol–water partition coefficient (Wildman–Crippen LogP) is 0.925. The SMILES string of the molecule is CO[Si](CCCN(C)C)(OC)OCCCCN. The highest BCUT2D eigenvalue weighted by molar-refractivity contribution is 6.60. The summed E-state index contributed by atoms with van der Waals surface area (Å²) < 4.78 is 16.8. The Morgan fingerprint density at radius 2 is 1.71 bits per heavy atom. The molecular weight excluding hydrogens is 236 g/mol. The van der Waals surface area contributed by atoms with Gasteiger partial charge in [-0.05, 0) is 46.4 Å². The van der Waals surface area contributed by atoms with E-state index in [4.69, 9.17) is 19.0 Å². The van der Waals surface area contributed by atoms with Gasteiger partial charge in [0.25, 0.3) is 0 Å². The average Bonchev–Trinajstić information content (AvgIpc) is 2.32. The summed E-state index contributed by atoms with van der Waals surface area (Å²) in [7, 11) is 5.04. The summed E-state index contributed by atoms with van der Waals surface area (Å²) in [5, 5.41) is 0. The standard InChI is InChI=1S/C11H28N2O3Si/c1-13(2)9-7-11-17(14-3,15-4)16-10-6-5-8-12/h5-12H2,1-4H3. The van der Waals surface area contributed by atoms with E-state index in [-0.39, 0.29) is 0 Å². The van der Waals surface area contributed by atoms with Gasteiger partial charge in [-0.15, -0.1) is 0 Å². The number of nitrogens with two attached hydrogens (primary N) is 1. The molecule has 6 heteroatoms. The van der Waals surface area contributed by atoms with E-state index in [2.05, 4.69) is 19.0 Å². The highest BCUT2D eigenvalue weighted by Gasteiger charge is 2.38. The van der Waals surface area contributed by atoms with Crippen LogP contribution in [0.15, 0.2) is 0 Å². The van der Waals surface area contributed by atoms with Crippen LogP contribution in [-0.2, 0) is 13.3 Å². The molecule has 5 nitrogen and oxygen atoms in total. The van der Waals surface area contributed by atoms with E-state index in [9.17, 15) is 0 Å². The van der Waals surface area contributed by atoms with E-state index >= 15 is 0 Å². The van der Waals surface area contributed by atoms with Gasteiger partial charge in [-0.1, -0.05) is 0 Å². The van der Waals surface area contributed by atoms with Crippen molar-refractivity contribution in [3.8, 4) is 0 Å². The summed E-state index contributed by atoms with van der Waals surface area (Å²) >= 11 is 0. The lowest BCUT2D eigenvalue weighted by Gasteiger charge is -2.26. The molecular formula is C11H28N2O3Si. The van der Waals surface area contributed by atoms with Crippen LogP contribution >= 0.6 is 0 Å². The lowest BCUT2D eigenvalue weighted by molar-refractivity contribution is 0.0955. The molecule has 0 aliphatic carbocycles. The number of nitrogens with zero attached hydrogens (tertiary/aromatic N) is 1. The molecule has 0 fully saturated rings. The van der Waals surface area contributed by atoms with E-state index in [0.717, 1.165) is 31.9 Å². The van der Waals surface area contributed by atoms with Crippen LogP contribution in [0.25, 0.3) is 0 Å². The fourth-order valence-corrected chi connectivity index (χ4v) is 3.56. The lowest BCUT2D eigenvalue weighted by atomic mass is 10.3. The van der Waals surface area contributed by atoms with Gasteiger partial charge in [0.1, 0.15) is 0 Å². The first-order valence-electron chi connectivity index (χ1n) is 6.19. The third kappa shape index (κ3) is 7.85. The molecule has 17 heavy (non-hydrogen) atoms. The molecule has 2 N–H and O–H groups in total. The Labute approximate surface area is 107 Å². The normalized spacial score (nSPS) is 12.4. The van der Waals surface area contributed by atoms with Crippen molar-refractivity contribution in [2.24, 2.45) is 5.73 Å². The average molecular weight is 264 g/mol. The van der Waals surface area contributed by atoms with Gasteiger partial charge in [0, 0.05) is 26.9 Å². The largest absolute Gasteiger partial charge is 0.500 e. The molecule has 104 valence electrons. The van der Waals surface area contributed by atoms with Gasteiger partial charge in [-0.25, -0.2) is 0 Å². The number of rotatable bonds is 11. The van der Waals surface area contributed by atoms with Crippen LogP contribution in [0.5, 0.6) is 0 Å². The molecule has 0 saturated carbocycles. The second kappa shape index (κ2) is 9.99. The highest BCUT2D eigenvalue weighted by Crippen LogP contribution is 2.16. The summed E-state index contributed by atoms with van der Waals surface area (Å²) in [6.45, 7) is 2.40. The zero-order valence-electron chi connectivity index (χ0n) is 11.7. The number of unbranched alkanes of at least 4 members (excludes halogenated alkanes) is 1. The zero-order valence-corrected chi connectivity index (χ0v) is 12.7. The molecule has 0 unspecified atom stereocenters. The Morgan fingerprint density at radius 1 is 1.06 bits per heavy atom. The summed E-state index contributed by atoms with van der Waals surface area (Å²) in [5.74, 6) is 0. The molecule has 0 rings (SSSR count). The molecule has 0 saturated heterocycles. The maximum absolute atomic E-state index is 5.83. The first-order valence-corrected chi connectivity index (χ1v) is 8.12. The Morgan fingerprint density at radius 3 is 2.18 bits per heavy atom. The van der Waals surface area contributed by atoms with Crippen molar-refractivity contribution >= 4 is 8.80 Å². The molecule has 0 aliphatic rings. The van der Waals surface area contributed by atoms with Gasteiger partial charge >= 0.3 is 8.80 Å². The second-order valence-corrected chi connectivity index (χ2v) is 7.31. The number of hydrogen-bond donors (Lipinski definition) is 1. The van der Waals surface area contributed by atoms with Crippen LogP contribution in [0.4, 0.5) is 0 Å². The van der Waals surface area contributed by atoms with Crippen LogP contribution in [0.3, 0.4) is 0 Å². The Hall–Kier alpha value is 0.0169. The smallest absolute Gasteiger partial charge is 0.377 e. The van der Waals surface area contributed by atoms with Gasteiger partial charge in [-0.3, -0.25) is 0 Å². The summed E-state index contributed by atoms with van der Waals surface area (Å²) in [5.41, 5.74) is 5.44. The Kier molecular flexibility index (Phi) is 10.00. The summed E-state index contributed by atoms with van der Waals surface area (Å²) in [6.07, 6.45) is 2.97. The molecule has 0 bridgehead atoms. The molecule has 0 aromatic rings. The monoisotopic (exact) mass is 264 g/mol. The van der Waals surface area contributed by atoms with Crippen LogP contribution in [0, 0.1) is 0 Å². The quantitative estimate of drug-likeness (QED) is 0.444. The van der Waals surface area contributed by atoms with Gasteiger partial charge in [0.05, 0.1) is 0 Å². The van der Waals surface area contributed by atoms with E-state index in [1.54, 1.807) is 14.2 Å².